The predicted octanol–water partition coefficient (Wildman–Crippen LogP) is 5.10. The molecule has 124 valence electrons. The number of rotatable bonds is 9. The fourth-order valence-corrected chi connectivity index (χ4v) is 2.28. The molecule has 0 spiro atoms. The van der Waals surface area contributed by atoms with Crippen LogP contribution in [0.5, 0.6) is 0 Å². The molecule has 0 aliphatic rings. The van der Waals surface area contributed by atoms with Crippen molar-refractivity contribution in [2.75, 3.05) is 0 Å². The third-order valence-corrected chi connectivity index (χ3v) is 3.58. The molecular formula is C17H24F3NO. The van der Waals surface area contributed by atoms with Crippen LogP contribution in [0.4, 0.5) is 13.2 Å². The summed E-state index contributed by atoms with van der Waals surface area (Å²) in [5.74, 6) is -0.672. The quantitative estimate of drug-likeness (QED) is 0.631. The molecule has 5 heteroatoms. The van der Waals surface area contributed by atoms with Crippen molar-refractivity contribution in [3.63, 3.8) is 0 Å². The molecule has 1 N–H and O–H groups in total. The number of carbonyl (C=O) groups excluding carboxylic acids is 1. The van der Waals surface area contributed by atoms with E-state index in [1.807, 2.05) is 0 Å². The molecule has 2 nitrogen and oxygen atoms in total. The van der Waals surface area contributed by atoms with Gasteiger partial charge in [-0.05, 0) is 18.6 Å². The number of unbranched alkanes of at least 4 members (excludes halogenated alkanes) is 5. The van der Waals surface area contributed by atoms with Gasteiger partial charge in [0.15, 0.2) is 0 Å². The molecule has 0 fully saturated rings. The first-order valence-corrected chi connectivity index (χ1v) is 7.87. The highest BCUT2D eigenvalue weighted by molar-refractivity contribution is 5.94. The first kappa shape index (κ1) is 18.5. The van der Waals surface area contributed by atoms with Crippen molar-refractivity contribution in [1.82, 2.24) is 5.32 Å². The van der Waals surface area contributed by atoms with Crippen LogP contribution in [0.25, 0.3) is 0 Å². The van der Waals surface area contributed by atoms with Crippen molar-refractivity contribution in [3.05, 3.63) is 35.9 Å². The zero-order valence-electron chi connectivity index (χ0n) is 13.0. The molecule has 1 rings (SSSR count). The minimum absolute atomic E-state index is 0.0613. The Kier molecular flexibility index (Phi) is 7.99. The standard InChI is InChI=1S/C17H24F3NO/c1-2-3-4-5-6-10-13-15(17(18,19)20)21-16(22)14-11-8-7-9-12-14/h7-9,11-12,15H,2-6,10,13H2,1H3,(H,21,22)/t15-/m1/s1. The van der Waals surface area contributed by atoms with Gasteiger partial charge in [0, 0.05) is 5.56 Å². The Balaban J connectivity index is 2.46. The van der Waals surface area contributed by atoms with Crippen molar-refractivity contribution in [2.45, 2.75) is 64.1 Å². The van der Waals surface area contributed by atoms with Crippen LogP contribution < -0.4 is 5.32 Å². The van der Waals surface area contributed by atoms with E-state index < -0.39 is 18.1 Å². The second-order valence-corrected chi connectivity index (χ2v) is 5.49. The lowest BCUT2D eigenvalue weighted by molar-refractivity contribution is -0.155. The van der Waals surface area contributed by atoms with Gasteiger partial charge in [-0.2, -0.15) is 13.2 Å². The lowest BCUT2D eigenvalue weighted by atomic mass is 10.0. The Labute approximate surface area is 130 Å². The van der Waals surface area contributed by atoms with Gasteiger partial charge in [-0.3, -0.25) is 4.79 Å². The van der Waals surface area contributed by atoms with Gasteiger partial charge < -0.3 is 5.32 Å². The van der Waals surface area contributed by atoms with E-state index in [0.717, 1.165) is 32.1 Å². The molecule has 0 bridgehead atoms. The molecule has 0 aliphatic carbocycles. The summed E-state index contributed by atoms with van der Waals surface area (Å²) in [6, 6.07) is 6.22. The summed E-state index contributed by atoms with van der Waals surface area (Å²) < 4.78 is 39.0. The zero-order valence-corrected chi connectivity index (χ0v) is 13.0. The number of amides is 1. The minimum atomic E-state index is -4.41. The first-order valence-electron chi connectivity index (χ1n) is 7.87. The van der Waals surface area contributed by atoms with Crippen molar-refractivity contribution in [3.8, 4) is 0 Å². The Bertz CT molecular complexity index is 431. The van der Waals surface area contributed by atoms with Crippen LogP contribution in [0.1, 0.15) is 62.2 Å². The lowest BCUT2D eigenvalue weighted by Gasteiger charge is -2.21. The zero-order chi connectivity index (χ0) is 16.4. The van der Waals surface area contributed by atoms with Crippen LogP contribution in [0.2, 0.25) is 0 Å². The van der Waals surface area contributed by atoms with Gasteiger partial charge in [-0.25, -0.2) is 0 Å². The van der Waals surface area contributed by atoms with Gasteiger partial charge >= 0.3 is 6.18 Å². The summed E-state index contributed by atoms with van der Waals surface area (Å²) in [4.78, 5) is 11.9. The summed E-state index contributed by atoms with van der Waals surface area (Å²) in [5, 5.41) is 2.11. The molecule has 0 saturated carbocycles. The van der Waals surface area contributed by atoms with Crippen LogP contribution in [0.3, 0.4) is 0 Å². The molecule has 0 heterocycles. The molecule has 0 radical (unpaired) electrons. The predicted molar refractivity (Wildman–Crippen MR) is 81.7 cm³/mol. The number of nitrogens with one attached hydrogen (secondary N) is 1. The van der Waals surface area contributed by atoms with E-state index in [9.17, 15) is 18.0 Å². The molecule has 0 saturated heterocycles. The van der Waals surface area contributed by atoms with Crippen molar-refractivity contribution in [1.29, 1.82) is 0 Å². The lowest BCUT2D eigenvalue weighted by Crippen LogP contribution is -2.45. The molecule has 0 aromatic heterocycles. The van der Waals surface area contributed by atoms with Crippen molar-refractivity contribution < 1.29 is 18.0 Å². The van der Waals surface area contributed by atoms with Crippen LogP contribution in [0, 0.1) is 0 Å². The largest absolute Gasteiger partial charge is 0.408 e. The fraction of sp³-hybridized carbons (Fsp3) is 0.588. The number of alkyl halides is 3. The Hall–Kier alpha value is -1.52. The van der Waals surface area contributed by atoms with E-state index >= 15 is 0 Å². The topological polar surface area (TPSA) is 29.1 Å². The second kappa shape index (κ2) is 9.49. The van der Waals surface area contributed by atoms with Crippen LogP contribution >= 0.6 is 0 Å². The van der Waals surface area contributed by atoms with Crippen LogP contribution in [-0.4, -0.2) is 18.1 Å². The third-order valence-electron chi connectivity index (χ3n) is 3.58. The van der Waals surface area contributed by atoms with Gasteiger partial charge in [0.25, 0.3) is 5.91 Å². The van der Waals surface area contributed by atoms with Gasteiger partial charge in [0.2, 0.25) is 0 Å². The average molecular weight is 315 g/mol. The minimum Gasteiger partial charge on any atom is -0.340 e. The SMILES string of the molecule is CCCCCCCC[C@@H](NC(=O)c1ccccc1)C(F)(F)F. The number of carbonyl (C=O) groups is 1. The van der Waals surface area contributed by atoms with Crippen LogP contribution in [-0.2, 0) is 0 Å². The number of hydrogen-bond donors (Lipinski definition) is 1. The average Bonchev–Trinajstić information content (AvgIpc) is 2.49. The molecule has 0 unspecified atom stereocenters. The number of hydrogen-bond acceptors (Lipinski definition) is 1. The highest BCUT2D eigenvalue weighted by Crippen LogP contribution is 2.25. The Morgan fingerprint density at radius 1 is 1.05 bits per heavy atom. The summed E-state index contributed by atoms with van der Waals surface area (Å²) in [5.41, 5.74) is 0.250. The van der Waals surface area contributed by atoms with E-state index in [4.69, 9.17) is 0 Å². The molecule has 1 atom stereocenters. The highest BCUT2D eigenvalue weighted by Gasteiger charge is 2.40. The van der Waals surface area contributed by atoms with Gasteiger partial charge in [-0.1, -0.05) is 63.6 Å². The van der Waals surface area contributed by atoms with Crippen molar-refractivity contribution in [2.24, 2.45) is 0 Å². The van der Waals surface area contributed by atoms with E-state index in [1.165, 1.54) is 12.1 Å². The number of benzene rings is 1. The van der Waals surface area contributed by atoms with Crippen molar-refractivity contribution >= 4 is 5.91 Å². The maximum atomic E-state index is 13.0. The van der Waals surface area contributed by atoms with E-state index in [1.54, 1.807) is 18.2 Å². The summed E-state index contributed by atoms with van der Waals surface area (Å²) in [6.45, 7) is 2.10. The fourth-order valence-electron chi connectivity index (χ4n) is 2.28. The van der Waals surface area contributed by atoms with E-state index in [0.29, 0.717) is 6.42 Å². The third kappa shape index (κ3) is 6.96. The molecule has 1 aromatic carbocycles. The molecule has 1 aromatic rings. The monoisotopic (exact) mass is 315 g/mol. The summed E-state index contributed by atoms with van der Waals surface area (Å²) in [6.07, 6.45) is 1.01. The molecule has 0 aliphatic heterocycles. The molecule has 1 amide bonds. The Morgan fingerprint density at radius 3 is 2.23 bits per heavy atom. The molecular weight excluding hydrogens is 291 g/mol. The van der Waals surface area contributed by atoms with E-state index in [2.05, 4.69) is 12.2 Å². The summed E-state index contributed by atoms with van der Waals surface area (Å²) in [7, 11) is 0. The first-order chi connectivity index (χ1) is 10.4. The van der Waals surface area contributed by atoms with Gasteiger partial charge in [-0.15, -0.1) is 0 Å². The molecule has 22 heavy (non-hydrogen) atoms. The maximum absolute atomic E-state index is 13.0. The normalized spacial score (nSPS) is 12.9. The maximum Gasteiger partial charge on any atom is 0.408 e. The number of halogens is 3. The van der Waals surface area contributed by atoms with Gasteiger partial charge in [0.1, 0.15) is 6.04 Å². The summed E-state index contributed by atoms with van der Waals surface area (Å²) >= 11 is 0. The van der Waals surface area contributed by atoms with E-state index in [-0.39, 0.29) is 12.0 Å². The smallest absolute Gasteiger partial charge is 0.340 e. The van der Waals surface area contributed by atoms with Crippen LogP contribution in [0.15, 0.2) is 30.3 Å². The highest BCUT2D eigenvalue weighted by atomic mass is 19.4. The Morgan fingerprint density at radius 2 is 1.64 bits per heavy atom. The van der Waals surface area contributed by atoms with Gasteiger partial charge in [0.05, 0.1) is 0 Å². The second-order valence-electron chi connectivity index (χ2n) is 5.49.